The van der Waals surface area contributed by atoms with Crippen LogP contribution in [0.15, 0.2) is 24.5 Å². The number of carbonyl (C=O) groups excluding carboxylic acids is 1. The van der Waals surface area contributed by atoms with Crippen molar-refractivity contribution in [2.75, 3.05) is 11.9 Å². The smallest absolute Gasteiger partial charge is 0.270 e. The van der Waals surface area contributed by atoms with Gasteiger partial charge in [-0.3, -0.25) is 4.79 Å². The maximum atomic E-state index is 12.1. The van der Waals surface area contributed by atoms with Crippen LogP contribution >= 0.6 is 11.3 Å². The van der Waals surface area contributed by atoms with Crippen molar-refractivity contribution in [3.8, 4) is 0 Å². The van der Waals surface area contributed by atoms with E-state index in [-0.39, 0.29) is 11.9 Å². The molecule has 2 N–H and O–H groups in total. The lowest BCUT2D eigenvalue weighted by molar-refractivity contribution is 0.0935. The summed E-state index contributed by atoms with van der Waals surface area (Å²) in [5.41, 5.74) is 1.32. The fourth-order valence-corrected chi connectivity index (χ4v) is 2.52. The number of anilines is 1. The summed E-state index contributed by atoms with van der Waals surface area (Å²) in [4.78, 5) is 21.7. The number of hydrogen-bond acceptors (Lipinski definition) is 5. The Bertz CT molecular complexity index is 579. The van der Waals surface area contributed by atoms with Gasteiger partial charge in [0, 0.05) is 17.6 Å². The van der Waals surface area contributed by atoms with E-state index in [1.165, 1.54) is 0 Å². The molecule has 2 aromatic heterocycles. The Hall–Kier alpha value is -1.95. The van der Waals surface area contributed by atoms with E-state index in [0.29, 0.717) is 5.69 Å². The Morgan fingerprint density at radius 3 is 2.70 bits per heavy atom. The molecule has 2 rings (SSSR count). The molecule has 0 bridgehead atoms. The van der Waals surface area contributed by atoms with Crippen molar-refractivity contribution in [1.29, 1.82) is 0 Å². The summed E-state index contributed by atoms with van der Waals surface area (Å²) in [5.74, 6) is -0.187. The molecule has 106 valence electrons. The second-order valence-electron chi connectivity index (χ2n) is 4.47. The van der Waals surface area contributed by atoms with Crippen molar-refractivity contribution in [3.63, 3.8) is 0 Å². The van der Waals surface area contributed by atoms with E-state index in [1.54, 1.807) is 23.6 Å². The number of carbonyl (C=O) groups is 1. The Kier molecular flexibility index (Phi) is 4.68. The molecule has 5 nitrogen and oxygen atoms in total. The first kappa shape index (κ1) is 14.5. The predicted octanol–water partition coefficient (Wildman–Crippen LogP) is 2.77. The minimum atomic E-state index is -0.187. The van der Waals surface area contributed by atoms with Gasteiger partial charge in [-0.1, -0.05) is 0 Å². The van der Waals surface area contributed by atoms with Crippen molar-refractivity contribution in [1.82, 2.24) is 15.3 Å². The molecule has 20 heavy (non-hydrogen) atoms. The van der Waals surface area contributed by atoms with E-state index in [9.17, 15) is 4.79 Å². The van der Waals surface area contributed by atoms with Crippen LogP contribution in [-0.4, -0.2) is 22.4 Å². The summed E-state index contributed by atoms with van der Waals surface area (Å²) < 4.78 is 0. The van der Waals surface area contributed by atoms with E-state index in [2.05, 4.69) is 20.6 Å². The van der Waals surface area contributed by atoms with Gasteiger partial charge < -0.3 is 10.6 Å². The number of pyridine rings is 1. The highest BCUT2D eigenvalue weighted by Gasteiger charge is 2.14. The number of nitrogens with one attached hydrogen (secondary N) is 2. The van der Waals surface area contributed by atoms with E-state index < -0.39 is 0 Å². The second-order valence-corrected chi connectivity index (χ2v) is 5.73. The largest absolute Gasteiger partial charge is 0.384 e. The zero-order chi connectivity index (χ0) is 14.5. The fourth-order valence-electron chi connectivity index (χ4n) is 1.74. The molecule has 0 saturated heterocycles. The highest BCUT2D eigenvalue weighted by Crippen LogP contribution is 2.19. The zero-order valence-electron chi connectivity index (χ0n) is 11.8. The number of rotatable bonds is 5. The number of thiazole rings is 1. The molecular formula is C14H18N4OS. The van der Waals surface area contributed by atoms with Crippen LogP contribution in [0, 0.1) is 6.92 Å². The molecule has 2 aromatic rings. The molecule has 1 atom stereocenters. The van der Waals surface area contributed by atoms with Crippen molar-refractivity contribution < 1.29 is 4.79 Å². The van der Waals surface area contributed by atoms with Crippen LogP contribution in [-0.2, 0) is 0 Å². The molecular weight excluding hydrogens is 272 g/mol. The molecule has 0 spiro atoms. The topological polar surface area (TPSA) is 66.9 Å². The molecule has 0 aliphatic heterocycles. The molecule has 0 fully saturated rings. The van der Waals surface area contributed by atoms with E-state index in [0.717, 1.165) is 22.1 Å². The number of hydrogen-bond donors (Lipinski definition) is 2. The first-order valence-corrected chi connectivity index (χ1v) is 7.35. The fraction of sp³-hybridized carbons (Fsp3) is 0.357. The summed E-state index contributed by atoms with van der Waals surface area (Å²) in [7, 11) is 0. The molecule has 2 heterocycles. The number of nitrogens with zero attached hydrogens (tertiary/aromatic N) is 2. The van der Waals surface area contributed by atoms with Crippen molar-refractivity contribution in [2.45, 2.75) is 26.8 Å². The number of aromatic nitrogens is 2. The Morgan fingerprint density at radius 1 is 1.35 bits per heavy atom. The van der Waals surface area contributed by atoms with Crippen molar-refractivity contribution >= 4 is 22.9 Å². The SMILES string of the molecule is CCNc1ccc(C(=O)NC(C)c2ncc(C)s2)nc1. The van der Waals surface area contributed by atoms with Crippen LogP contribution < -0.4 is 10.6 Å². The summed E-state index contributed by atoms with van der Waals surface area (Å²) in [6.07, 6.45) is 3.47. The van der Waals surface area contributed by atoms with Gasteiger partial charge in [-0.15, -0.1) is 11.3 Å². The number of aryl methyl sites for hydroxylation is 1. The Labute approximate surface area is 122 Å². The summed E-state index contributed by atoms with van der Waals surface area (Å²) >= 11 is 1.59. The van der Waals surface area contributed by atoms with Gasteiger partial charge in [0.15, 0.2) is 0 Å². The third kappa shape index (κ3) is 3.54. The molecule has 1 amide bonds. The van der Waals surface area contributed by atoms with Gasteiger partial charge in [0.25, 0.3) is 5.91 Å². The molecule has 1 unspecified atom stereocenters. The van der Waals surface area contributed by atoms with Crippen molar-refractivity contribution in [3.05, 3.63) is 40.1 Å². The highest BCUT2D eigenvalue weighted by atomic mass is 32.1. The van der Waals surface area contributed by atoms with Crippen LogP contribution in [0.5, 0.6) is 0 Å². The minimum absolute atomic E-state index is 0.114. The van der Waals surface area contributed by atoms with Gasteiger partial charge in [0.1, 0.15) is 10.7 Å². The molecule has 0 radical (unpaired) electrons. The molecule has 0 aromatic carbocycles. The lowest BCUT2D eigenvalue weighted by atomic mass is 10.3. The van der Waals surface area contributed by atoms with Gasteiger partial charge >= 0.3 is 0 Å². The second kappa shape index (κ2) is 6.47. The monoisotopic (exact) mass is 290 g/mol. The third-order valence-corrected chi connectivity index (χ3v) is 3.83. The normalized spacial score (nSPS) is 11.9. The summed E-state index contributed by atoms with van der Waals surface area (Å²) in [6, 6.07) is 3.45. The van der Waals surface area contributed by atoms with E-state index in [1.807, 2.05) is 33.0 Å². The van der Waals surface area contributed by atoms with Crippen LogP contribution in [0.4, 0.5) is 5.69 Å². The molecule has 6 heteroatoms. The maximum Gasteiger partial charge on any atom is 0.270 e. The standard InChI is InChI=1S/C14H18N4OS/c1-4-15-11-5-6-12(16-8-11)13(19)18-10(3)14-17-7-9(2)20-14/h5-8,10,15H,4H2,1-3H3,(H,18,19). The van der Waals surface area contributed by atoms with Crippen LogP contribution in [0.2, 0.25) is 0 Å². The van der Waals surface area contributed by atoms with Crippen LogP contribution in [0.1, 0.15) is 40.3 Å². The molecule has 0 aliphatic carbocycles. The average Bonchev–Trinajstić information content (AvgIpc) is 2.86. The molecule has 0 aliphatic rings. The summed E-state index contributed by atoms with van der Waals surface area (Å²) in [5, 5.41) is 6.95. The van der Waals surface area contributed by atoms with Crippen molar-refractivity contribution in [2.24, 2.45) is 0 Å². The Balaban J connectivity index is 2.00. The van der Waals surface area contributed by atoms with Crippen LogP contribution in [0.25, 0.3) is 0 Å². The first-order valence-electron chi connectivity index (χ1n) is 6.53. The maximum absolute atomic E-state index is 12.1. The number of amides is 1. The minimum Gasteiger partial charge on any atom is -0.384 e. The average molecular weight is 290 g/mol. The lowest BCUT2D eigenvalue weighted by Crippen LogP contribution is -2.27. The van der Waals surface area contributed by atoms with Gasteiger partial charge in [-0.05, 0) is 32.9 Å². The van der Waals surface area contributed by atoms with E-state index in [4.69, 9.17) is 0 Å². The van der Waals surface area contributed by atoms with Gasteiger partial charge in [0.05, 0.1) is 17.9 Å². The van der Waals surface area contributed by atoms with Gasteiger partial charge in [0.2, 0.25) is 0 Å². The predicted molar refractivity (Wildman–Crippen MR) is 81.1 cm³/mol. The summed E-state index contributed by atoms with van der Waals surface area (Å²) in [6.45, 7) is 6.76. The van der Waals surface area contributed by atoms with Crippen LogP contribution in [0.3, 0.4) is 0 Å². The van der Waals surface area contributed by atoms with E-state index >= 15 is 0 Å². The zero-order valence-corrected chi connectivity index (χ0v) is 12.6. The molecule has 0 saturated carbocycles. The Morgan fingerprint density at radius 2 is 2.15 bits per heavy atom. The highest BCUT2D eigenvalue weighted by molar-refractivity contribution is 7.11. The lowest BCUT2D eigenvalue weighted by Gasteiger charge is -2.11. The first-order chi connectivity index (χ1) is 9.60. The third-order valence-electron chi connectivity index (χ3n) is 2.73. The van der Waals surface area contributed by atoms with Gasteiger partial charge in [-0.25, -0.2) is 9.97 Å². The van der Waals surface area contributed by atoms with Gasteiger partial charge in [-0.2, -0.15) is 0 Å². The quantitative estimate of drug-likeness (QED) is 0.888.